The van der Waals surface area contributed by atoms with Gasteiger partial charge in [-0.15, -0.1) is 0 Å². The number of carbonyl (C=O) groups excluding carboxylic acids is 1. The summed E-state index contributed by atoms with van der Waals surface area (Å²) in [6.07, 6.45) is 3.72. The number of nitriles is 1. The van der Waals surface area contributed by atoms with Gasteiger partial charge in [-0.1, -0.05) is 12.5 Å². The fourth-order valence-corrected chi connectivity index (χ4v) is 1.77. The van der Waals surface area contributed by atoms with Crippen LogP contribution in [0.25, 0.3) is 0 Å². The SMILES string of the molecule is N#Cc1cccc(C(=O)NCC2CCC2)c1. The molecule has 82 valence electrons. The Morgan fingerprint density at radius 1 is 1.50 bits per heavy atom. The van der Waals surface area contributed by atoms with Gasteiger partial charge < -0.3 is 5.32 Å². The van der Waals surface area contributed by atoms with E-state index in [1.54, 1.807) is 24.3 Å². The molecule has 1 aromatic carbocycles. The van der Waals surface area contributed by atoms with E-state index in [1.165, 1.54) is 19.3 Å². The van der Waals surface area contributed by atoms with Gasteiger partial charge in [0.25, 0.3) is 5.91 Å². The molecule has 0 saturated heterocycles. The van der Waals surface area contributed by atoms with Gasteiger partial charge in [-0.2, -0.15) is 5.26 Å². The standard InChI is InChI=1S/C13H14N2O/c14-8-11-5-2-6-12(7-11)13(16)15-9-10-3-1-4-10/h2,5-7,10H,1,3-4,9H2,(H,15,16). The van der Waals surface area contributed by atoms with Gasteiger partial charge in [0.05, 0.1) is 11.6 Å². The van der Waals surface area contributed by atoms with Crippen molar-refractivity contribution in [2.75, 3.05) is 6.54 Å². The van der Waals surface area contributed by atoms with Crippen LogP contribution in [0.5, 0.6) is 0 Å². The third kappa shape index (κ3) is 2.40. The predicted molar refractivity (Wildman–Crippen MR) is 60.8 cm³/mol. The molecule has 1 aliphatic rings. The highest BCUT2D eigenvalue weighted by atomic mass is 16.1. The van der Waals surface area contributed by atoms with E-state index in [2.05, 4.69) is 5.32 Å². The number of rotatable bonds is 3. The molecule has 0 aromatic heterocycles. The van der Waals surface area contributed by atoms with Crippen LogP contribution in [0, 0.1) is 17.2 Å². The summed E-state index contributed by atoms with van der Waals surface area (Å²) in [5.41, 5.74) is 1.09. The molecule has 16 heavy (non-hydrogen) atoms. The monoisotopic (exact) mass is 214 g/mol. The van der Waals surface area contributed by atoms with Crippen molar-refractivity contribution in [3.8, 4) is 6.07 Å². The minimum atomic E-state index is -0.0796. The van der Waals surface area contributed by atoms with Crippen molar-refractivity contribution < 1.29 is 4.79 Å². The summed E-state index contributed by atoms with van der Waals surface area (Å²) in [5, 5.41) is 11.6. The summed E-state index contributed by atoms with van der Waals surface area (Å²) in [7, 11) is 0. The van der Waals surface area contributed by atoms with Gasteiger partial charge in [0.2, 0.25) is 0 Å². The molecule has 1 aliphatic carbocycles. The number of amides is 1. The molecule has 0 radical (unpaired) electrons. The van der Waals surface area contributed by atoms with Crippen molar-refractivity contribution in [2.24, 2.45) is 5.92 Å². The third-order valence-electron chi connectivity index (χ3n) is 3.03. The summed E-state index contributed by atoms with van der Waals surface area (Å²) in [5.74, 6) is 0.576. The van der Waals surface area contributed by atoms with Crippen LogP contribution in [-0.2, 0) is 0 Å². The maximum absolute atomic E-state index is 11.7. The fraction of sp³-hybridized carbons (Fsp3) is 0.385. The number of hydrogen-bond donors (Lipinski definition) is 1. The molecule has 3 heteroatoms. The van der Waals surface area contributed by atoms with E-state index in [0.717, 1.165) is 6.54 Å². The fourth-order valence-electron chi connectivity index (χ4n) is 1.77. The smallest absolute Gasteiger partial charge is 0.251 e. The molecule has 1 amide bonds. The van der Waals surface area contributed by atoms with Crippen molar-refractivity contribution in [1.29, 1.82) is 5.26 Å². The molecular formula is C13H14N2O. The van der Waals surface area contributed by atoms with Gasteiger partial charge in [0.15, 0.2) is 0 Å². The van der Waals surface area contributed by atoms with Crippen LogP contribution >= 0.6 is 0 Å². The number of hydrogen-bond acceptors (Lipinski definition) is 2. The molecule has 0 heterocycles. The average Bonchev–Trinajstić information content (AvgIpc) is 2.27. The summed E-state index contributed by atoms with van der Waals surface area (Å²) in [6, 6.07) is 8.81. The first-order valence-corrected chi connectivity index (χ1v) is 5.58. The lowest BCUT2D eigenvalue weighted by molar-refractivity contribution is 0.0939. The summed E-state index contributed by atoms with van der Waals surface area (Å²) in [4.78, 5) is 11.7. The van der Waals surface area contributed by atoms with E-state index in [-0.39, 0.29) is 5.91 Å². The van der Waals surface area contributed by atoms with Gasteiger partial charge in [-0.05, 0) is 37.0 Å². The van der Waals surface area contributed by atoms with Gasteiger partial charge in [0, 0.05) is 12.1 Å². The minimum Gasteiger partial charge on any atom is -0.352 e. The van der Waals surface area contributed by atoms with Crippen molar-refractivity contribution in [3.63, 3.8) is 0 Å². The first-order valence-electron chi connectivity index (χ1n) is 5.58. The molecule has 0 atom stereocenters. The predicted octanol–water partition coefficient (Wildman–Crippen LogP) is 2.09. The van der Waals surface area contributed by atoms with Gasteiger partial charge in [-0.25, -0.2) is 0 Å². The van der Waals surface area contributed by atoms with E-state index >= 15 is 0 Å². The largest absolute Gasteiger partial charge is 0.352 e. The van der Waals surface area contributed by atoms with Crippen LogP contribution in [0.15, 0.2) is 24.3 Å². The van der Waals surface area contributed by atoms with Crippen molar-refractivity contribution >= 4 is 5.91 Å². The Balaban J connectivity index is 1.94. The third-order valence-corrected chi connectivity index (χ3v) is 3.03. The number of carbonyl (C=O) groups is 1. The Bertz CT molecular complexity index is 430. The summed E-state index contributed by atoms with van der Waals surface area (Å²) in [6.45, 7) is 0.760. The minimum absolute atomic E-state index is 0.0796. The molecular weight excluding hydrogens is 200 g/mol. The second-order valence-corrected chi connectivity index (χ2v) is 4.20. The Kier molecular flexibility index (Phi) is 3.21. The maximum atomic E-state index is 11.7. The quantitative estimate of drug-likeness (QED) is 0.837. The molecule has 1 saturated carbocycles. The van der Waals surface area contributed by atoms with E-state index < -0.39 is 0 Å². The van der Waals surface area contributed by atoms with E-state index in [9.17, 15) is 4.79 Å². The van der Waals surface area contributed by atoms with Gasteiger partial charge in [0.1, 0.15) is 0 Å². The Hall–Kier alpha value is -1.82. The first-order chi connectivity index (χ1) is 7.79. The van der Waals surface area contributed by atoms with Crippen molar-refractivity contribution in [3.05, 3.63) is 35.4 Å². The highest BCUT2D eigenvalue weighted by Crippen LogP contribution is 2.25. The van der Waals surface area contributed by atoms with Gasteiger partial charge in [-0.3, -0.25) is 4.79 Å². The molecule has 1 aromatic rings. The van der Waals surface area contributed by atoms with Crippen LogP contribution in [0.2, 0.25) is 0 Å². The number of nitrogens with one attached hydrogen (secondary N) is 1. The zero-order chi connectivity index (χ0) is 11.4. The van der Waals surface area contributed by atoms with Crippen molar-refractivity contribution in [2.45, 2.75) is 19.3 Å². The Morgan fingerprint density at radius 3 is 2.94 bits per heavy atom. The van der Waals surface area contributed by atoms with Crippen LogP contribution in [0.3, 0.4) is 0 Å². The summed E-state index contributed by atoms with van der Waals surface area (Å²) < 4.78 is 0. The molecule has 0 aliphatic heterocycles. The van der Waals surface area contributed by atoms with Crippen molar-refractivity contribution in [1.82, 2.24) is 5.32 Å². The zero-order valence-corrected chi connectivity index (χ0v) is 9.07. The zero-order valence-electron chi connectivity index (χ0n) is 9.07. The highest BCUT2D eigenvalue weighted by molar-refractivity contribution is 5.94. The molecule has 2 rings (SSSR count). The van der Waals surface area contributed by atoms with Crippen LogP contribution in [0.1, 0.15) is 35.2 Å². The van der Waals surface area contributed by atoms with Crippen LogP contribution in [-0.4, -0.2) is 12.5 Å². The molecule has 1 fully saturated rings. The number of nitrogens with zero attached hydrogens (tertiary/aromatic N) is 1. The lowest BCUT2D eigenvalue weighted by atomic mass is 9.85. The van der Waals surface area contributed by atoms with Crippen LogP contribution < -0.4 is 5.32 Å². The van der Waals surface area contributed by atoms with E-state index in [0.29, 0.717) is 17.0 Å². The van der Waals surface area contributed by atoms with Gasteiger partial charge >= 0.3 is 0 Å². The first kappa shape index (κ1) is 10.7. The topological polar surface area (TPSA) is 52.9 Å². The lowest BCUT2D eigenvalue weighted by Gasteiger charge is -2.25. The average molecular weight is 214 g/mol. The molecule has 0 spiro atoms. The van der Waals surface area contributed by atoms with Crippen LogP contribution in [0.4, 0.5) is 0 Å². The second-order valence-electron chi connectivity index (χ2n) is 4.20. The van der Waals surface area contributed by atoms with E-state index in [4.69, 9.17) is 5.26 Å². The summed E-state index contributed by atoms with van der Waals surface area (Å²) >= 11 is 0. The van der Waals surface area contributed by atoms with E-state index in [1.807, 2.05) is 6.07 Å². The lowest BCUT2D eigenvalue weighted by Crippen LogP contribution is -2.32. The second kappa shape index (κ2) is 4.80. The maximum Gasteiger partial charge on any atom is 0.251 e. The molecule has 3 nitrogen and oxygen atoms in total. The molecule has 0 unspecified atom stereocenters. The number of benzene rings is 1. The Labute approximate surface area is 95.1 Å². The molecule has 1 N–H and O–H groups in total. The normalized spacial score (nSPS) is 14.9. The Morgan fingerprint density at radius 2 is 2.31 bits per heavy atom. The highest BCUT2D eigenvalue weighted by Gasteiger charge is 2.18. The molecule has 0 bridgehead atoms.